The lowest BCUT2D eigenvalue weighted by Gasteiger charge is -2.43. The molecule has 1 atom stereocenters. The van der Waals surface area contributed by atoms with Crippen molar-refractivity contribution in [1.82, 2.24) is 5.32 Å². The summed E-state index contributed by atoms with van der Waals surface area (Å²) >= 11 is 0. The number of nitrogens with one attached hydrogen (secondary N) is 1. The molecule has 3 nitrogen and oxygen atoms in total. The number of nitrogens with two attached hydrogens (primary N) is 1. The number of amides is 1. The van der Waals surface area contributed by atoms with Gasteiger partial charge in [0.05, 0.1) is 11.6 Å². The molecule has 0 spiro atoms. The van der Waals surface area contributed by atoms with Crippen molar-refractivity contribution in [2.75, 3.05) is 6.54 Å². The van der Waals surface area contributed by atoms with Gasteiger partial charge < -0.3 is 11.1 Å². The van der Waals surface area contributed by atoms with E-state index in [9.17, 15) is 18.0 Å². The monoisotopic (exact) mass is 328 g/mol. The van der Waals surface area contributed by atoms with Gasteiger partial charge in [0.2, 0.25) is 5.91 Å². The van der Waals surface area contributed by atoms with Gasteiger partial charge in [0, 0.05) is 12.0 Å². The molecule has 1 aliphatic rings. The highest BCUT2D eigenvalue weighted by atomic mass is 19.4. The molecule has 0 aliphatic heterocycles. The van der Waals surface area contributed by atoms with E-state index in [1.165, 1.54) is 12.1 Å². The van der Waals surface area contributed by atoms with E-state index < -0.39 is 23.2 Å². The van der Waals surface area contributed by atoms with Crippen molar-refractivity contribution in [3.63, 3.8) is 0 Å². The quantitative estimate of drug-likeness (QED) is 0.872. The summed E-state index contributed by atoms with van der Waals surface area (Å²) in [6.07, 6.45) is -1.87. The van der Waals surface area contributed by atoms with Crippen LogP contribution in [0.3, 0.4) is 0 Å². The van der Waals surface area contributed by atoms with Crippen molar-refractivity contribution in [3.05, 3.63) is 35.4 Å². The van der Waals surface area contributed by atoms with Crippen LogP contribution in [0.15, 0.2) is 24.3 Å². The minimum atomic E-state index is -4.36. The van der Waals surface area contributed by atoms with Crippen molar-refractivity contribution in [1.29, 1.82) is 0 Å². The van der Waals surface area contributed by atoms with Crippen molar-refractivity contribution >= 4 is 5.91 Å². The Morgan fingerprint density at radius 1 is 1.35 bits per heavy atom. The molecule has 0 aromatic heterocycles. The summed E-state index contributed by atoms with van der Waals surface area (Å²) in [5.41, 5.74) is 5.39. The summed E-state index contributed by atoms with van der Waals surface area (Å²) in [5, 5.41) is 2.82. The fourth-order valence-corrected chi connectivity index (χ4v) is 2.87. The van der Waals surface area contributed by atoms with Crippen LogP contribution in [-0.2, 0) is 16.4 Å². The van der Waals surface area contributed by atoms with Crippen LogP contribution in [0.25, 0.3) is 0 Å². The molecule has 0 bridgehead atoms. The molecule has 0 radical (unpaired) electrons. The summed E-state index contributed by atoms with van der Waals surface area (Å²) in [6, 6.07) is 4.81. The van der Waals surface area contributed by atoms with Gasteiger partial charge in [0.1, 0.15) is 0 Å². The average Bonchev–Trinajstić information content (AvgIpc) is 2.44. The van der Waals surface area contributed by atoms with Gasteiger partial charge in [0.25, 0.3) is 0 Å². The van der Waals surface area contributed by atoms with E-state index in [-0.39, 0.29) is 11.8 Å². The SMILES string of the molecule is CC(C)[C@H](N)C(=O)NCC1(c2cccc(C(F)(F)F)c2)CCC1. The van der Waals surface area contributed by atoms with Crippen LogP contribution in [0.4, 0.5) is 13.2 Å². The van der Waals surface area contributed by atoms with Crippen molar-refractivity contribution in [3.8, 4) is 0 Å². The fraction of sp³-hybridized carbons (Fsp3) is 0.588. The van der Waals surface area contributed by atoms with Crippen molar-refractivity contribution in [2.24, 2.45) is 11.7 Å². The Morgan fingerprint density at radius 3 is 2.48 bits per heavy atom. The van der Waals surface area contributed by atoms with E-state index >= 15 is 0 Å². The molecule has 1 amide bonds. The Morgan fingerprint density at radius 2 is 2.00 bits per heavy atom. The molecule has 3 N–H and O–H groups in total. The van der Waals surface area contributed by atoms with E-state index in [2.05, 4.69) is 5.32 Å². The van der Waals surface area contributed by atoms with Gasteiger partial charge in [-0.1, -0.05) is 38.5 Å². The zero-order valence-electron chi connectivity index (χ0n) is 13.4. The second-order valence-corrected chi connectivity index (χ2v) is 6.70. The number of carbonyl (C=O) groups is 1. The normalized spacial score (nSPS) is 18.4. The number of hydrogen-bond donors (Lipinski definition) is 2. The van der Waals surface area contributed by atoms with Gasteiger partial charge in [-0.25, -0.2) is 0 Å². The molecule has 1 saturated carbocycles. The molecule has 1 aliphatic carbocycles. The number of rotatable bonds is 5. The molecule has 0 unspecified atom stereocenters. The van der Waals surface area contributed by atoms with Gasteiger partial charge in [-0.3, -0.25) is 4.79 Å². The van der Waals surface area contributed by atoms with Gasteiger partial charge in [0.15, 0.2) is 0 Å². The Labute approximate surface area is 134 Å². The maximum absolute atomic E-state index is 12.9. The first-order chi connectivity index (χ1) is 10.7. The molecule has 2 rings (SSSR count). The molecular weight excluding hydrogens is 305 g/mol. The molecule has 1 fully saturated rings. The third-order valence-electron chi connectivity index (χ3n) is 4.73. The van der Waals surface area contributed by atoms with Crippen LogP contribution < -0.4 is 11.1 Å². The third-order valence-corrected chi connectivity index (χ3v) is 4.73. The fourth-order valence-electron chi connectivity index (χ4n) is 2.87. The Kier molecular flexibility index (Phi) is 5.04. The highest BCUT2D eigenvalue weighted by Crippen LogP contribution is 2.44. The molecule has 0 saturated heterocycles. The van der Waals surface area contributed by atoms with Crippen LogP contribution in [0.5, 0.6) is 0 Å². The van der Waals surface area contributed by atoms with Crippen LogP contribution in [0, 0.1) is 5.92 Å². The largest absolute Gasteiger partial charge is 0.416 e. The second-order valence-electron chi connectivity index (χ2n) is 6.70. The predicted octanol–water partition coefficient (Wildman–Crippen LogP) is 3.23. The zero-order valence-corrected chi connectivity index (χ0v) is 13.4. The molecule has 23 heavy (non-hydrogen) atoms. The van der Waals surface area contributed by atoms with Gasteiger partial charge in [-0.15, -0.1) is 0 Å². The van der Waals surface area contributed by atoms with Crippen LogP contribution in [-0.4, -0.2) is 18.5 Å². The Balaban J connectivity index is 2.14. The Hall–Kier alpha value is -1.56. The number of hydrogen-bond acceptors (Lipinski definition) is 2. The first-order valence-corrected chi connectivity index (χ1v) is 7.87. The minimum absolute atomic E-state index is 0.0147. The molecule has 6 heteroatoms. The van der Waals surface area contributed by atoms with E-state index in [0.29, 0.717) is 12.1 Å². The third kappa shape index (κ3) is 3.86. The summed E-state index contributed by atoms with van der Waals surface area (Å²) < 4.78 is 38.7. The number of alkyl halides is 3. The lowest BCUT2D eigenvalue weighted by molar-refractivity contribution is -0.137. The molecule has 128 valence electrons. The zero-order chi connectivity index (χ0) is 17.3. The van der Waals surface area contributed by atoms with Crippen LogP contribution in [0.1, 0.15) is 44.2 Å². The molecular formula is C17H23F3N2O. The summed E-state index contributed by atoms with van der Waals surface area (Å²) in [6.45, 7) is 4.04. The molecule has 1 aromatic carbocycles. The van der Waals surface area contributed by atoms with Gasteiger partial charge in [-0.05, 0) is 30.4 Å². The van der Waals surface area contributed by atoms with Crippen LogP contribution >= 0.6 is 0 Å². The van der Waals surface area contributed by atoms with Gasteiger partial charge >= 0.3 is 6.18 Å². The molecule has 1 aromatic rings. The summed E-state index contributed by atoms with van der Waals surface area (Å²) in [4.78, 5) is 12.0. The first-order valence-electron chi connectivity index (χ1n) is 7.87. The standard InChI is InChI=1S/C17H23F3N2O/c1-11(2)14(21)15(23)22-10-16(7-4-8-16)12-5-3-6-13(9-12)17(18,19)20/h3,5-6,9,11,14H,4,7-8,10,21H2,1-2H3,(H,22,23)/t14-/m0/s1. The number of carbonyl (C=O) groups excluding carboxylic acids is 1. The number of halogens is 3. The van der Waals surface area contributed by atoms with Gasteiger partial charge in [-0.2, -0.15) is 13.2 Å². The lowest BCUT2D eigenvalue weighted by atomic mass is 9.64. The van der Waals surface area contributed by atoms with Crippen LogP contribution in [0.2, 0.25) is 0 Å². The van der Waals surface area contributed by atoms with E-state index in [1.54, 1.807) is 6.07 Å². The number of benzene rings is 1. The maximum atomic E-state index is 12.9. The van der Waals surface area contributed by atoms with E-state index in [1.807, 2.05) is 13.8 Å². The minimum Gasteiger partial charge on any atom is -0.354 e. The maximum Gasteiger partial charge on any atom is 0.416 e. The van der Waals surface area contributed by atoms with Crippen molar-refractivity contribution < 1.29 is 18.0 Å². The second kappa shape index (κ2) is 6.51. The highest BCUT2D eigenvalue weighted by Gasteiger charge is 2.41. The summed E-state index contributed by atoms with van der Waals surface area (Å²) in [5.74, 6) is -0.237. The summed E-state index contributed by atoms with van der Waals surface area (Å²) in [7, 11) is 0. The highest BCUT2D eigenvalue weighted by molar-refractivity contribution is 5.81. The first kappa shape index (κ1) is 17.8. The smallest absolute Gasteiger partial charge is 0.354 e. The lowest BCUT2D eigenvalue weighted by Crippen LogP contribution is -2.51. The topological polar surface area (TPSA) is 55.1 Å². The Bertz CT molecular complexity index is 565. The average molecular weight is 328 g/mol. The predicted molar refractivity (Wildman–Crippen MR) is 82.8 cm³/mol. The van der Waals surface area contributed by atoms with E-state index in [0.717, 1.165) is 25.3 Å². The van der Waals surface area contributed by atoms with E-state index in [4.69, 9.17) is 5.73 Å². The molecule has 0 heterocycles. The van der Waals surface area contributed by atoms with Crippen molar-refractivity contribution in [2.45, 2.75) is 50.7 Å².